The fourth-order valence-electron chi connectivity index (χ4n) is 2.07. The van der Waals surface area contributed by atoms with Crippen molar-refractivity contribution in [3.8, 4) is 0 Å². The zero-order chi connectivity index (χ0) is 15.5. The zero-order valence-electron chi connectivity index (χ0n) is 14.0. The summed E-state index contributed by atoms with van der Waals surface area (Å²) in [6, 6.07) is 0.644. The maximum atomic E-state index is 5.55. The number of nitrogens with zero attached hydrogens (tertiary/aromatic N) is 2. The molecule has 1 aliphatic rings. The van der Waals surface area contributed by atoms with Gasteiger partial charge in [0.15, 0.2) is 0 Å². The van der Waals surface area contributed by atoms with Gasteiger partial charge in [-0.25, -0.2) is 0 Å². The zero-order valence-corrected chi connectivity index (χ0v) is 14.0. The summed E-state index contributed by atoms with van der Waals surface area (Å²) < 4.78 is 0. The molecule has 1 rings (SSSR count). The Kier molecular flexibility index (Phi) is 9.91. The molecule has 1 saturated heterocycles. The molecule has 1 fully saturated rings. The molecule has 20 heavy (non-hydrogen) atoms. The van der Waals surface area contributed by atoms with E-state index >= 15 is 0 Å². The Hall–Kier alpha value is -1.22. The van der Waals surface area contributed by atoms with Gasteiger partial charge >= 0.3 is 0 Å². The minimum atomic E-state index is 0.602. The SMILES string of the molecule is C=C(N)/C=C\C(=C/C)N1CCN(C(C)C)CC1.CCC. The first kappa shape index (κ1) is 18.8. The molecule has 116 valence electrons. The molecule has 0 unspecified atom stereocenters. The number of nitrogens with two attached hydrogens (primary N) is 1. The largest absolute Gasteiger partial charge is 0.399 e. The summed E-state index contributed by atoms with van der Waals surface area (Å²) >= 11 is 0. The predicted octanol–water partition coefficient (Wildman–Crippen LogP) is 3.36. The minimum absolute atomic E-state index is 0.602. The van der Waals surface area contributed by atoms with Crippen LogP contribution in [0.4, 0.5) is 0 Å². The van der Waals surface area contributed by atoms with Crippen molar-refractivity contribution in [2.45, 2.75) is 47.1 Å². The lowest BCUT2D eigenvalue weighted by Crippen LogP contribution is -2.48. The number of rotatable bonds is 4. The summed E-state index contributed by atoms with van der Waals surface area (Å²) in [6.45, 7) is 18.9. The summed E-state index contributed by atoms with van der Waals surface area (Å²) in [7, 11) is 0. The molecule has 0 aromatic rings. The van der Waals surface area contributed by atoms with Gasteiger partial charge in [-0.3, -0.25) is 4.90 Å². The molecule has 0 radical (unpaired) electrons. The Morgan fingerprint density at radius 1 is 1.15 bits per heavy atom. The van der Waals surface area contributed by atoms with Crippen LogP contribution in [-0.2, 0) is 0 Å². The van der Waals surface area contributed by atoms with E-state index in [9.17, 15) is 0 Å². The van der Waals surface area contributed by atoms with Gasteiger partial charge in [0.05, 0.1) is 0 Å². The first-order valence-corrected chi connectivity index (χ1v) is 7.73. The lowest BCUT2D eigenvalue weighted by molar-refractivity contribution is 0.132. The molecule has 0 aromatic heterocycles. The lowest BCUT2D eigenvalue weighted by Gasteiger charge is -2.38. The van der Waals surface area contributed by atoms with Crippen molar-refractivity contribution in [2.75, 3.05) is 26.2 Å². The fraction of sp³-hybridized carbons (Fsp3) is 0.647. The molecule has 0 aliphatic carbocycles. The fourth-order valence-corrected chi connectivity index (χ4v) is 2.07. The summed E-state index contributed by atoms with van der Waals surface area (Å²) in [5, 5.41) is 0. The topological polar surface area (TPSA) is 32.5 Å². The summed E-state index contributed by atoms with van der Waals surface area (Å²) in [5.41, 5.74) is 7.39. The summed E-state index contributed by atoms with van der Waals surface area (Å²) in [4.78, 5) is 4.91. The normalized spacial score (nSPS) is 17.3. The van der Waals surface area contributed by atoms with E-state index in [1.54, 1.807) is 0 Å². The lowest BCUT2D eigenvalue weighted by atomic mass is 10.2. The highest BCUT2D eigenvalue weighted by molar-refractivity contribution is 5.24. The van der Waals surface area contributed by atoms with Gasteiger partial charge in [-0.15, -0.1) is 0 Å². The smallest absolute Gasteiger partial charge is 0.0324 e. The highest BCUT2D eigenvalue weighted by atomic mass is 15.3. The van der Waals surface area contributed by atoms with E-state index in [0.717, 1.165) is 26.2 Å². The van der Waals surface area contributed by atoms with Gasteiger partial charge in [-0.1, -0.05) is 32.9 Å². The monoisotopic (exact) mass is 279 g/mol. The second kappa shape index (κ2) is 10.6. The van der Waals surface area contributed by atoms with Crippen molar-refractivity contribution in [1.29, 1.82) is 0 Å². The van der Waals surface area contributed by atoms with Gasteiger partial charge in [0, 0.05) is 43.6 Å². The molecule has 2 N–H and O–H groups in total. The average Bonchev–Trinajstić information content (AvgIpc) is 2.40. The molecule has 0 saturated carbocycles. The molecular weight excluding hydrogens is 246 g/mol. The van der Waals surface area contributed by atoms with Crippen LogP contribution >= 0.6 is 0 Å². The van der Waals surface area contributed by atoms with Crippen molar-refractivity contribution in [3.63, 3.8) is 0 Å². The van der Waals surface area contributed by atoms with E-state index in [-0.39, 0.29) is 0 Å². The average molecular weight is 279 g/mol. The van der Waals surface area contributed by atoms with Gasteiger partial charge in [0.2, 0.25) is 0 Å². The first-order valence-electron chi connectivity index (χ1n) is 7.73. The van der Waals surface area contributed by atoms with Crippen molar-refractivity contribution in [2.24, 2.45) is 5.73 Å². The Morgan fingerprint density at radius 3 is 2.00 bits per heavy atom. The third-order valence-electron chi connectivity index (χ3n) is 3.17. The second-order valence-electron chi connectivity index (χ2n) is 5.45. The van der Waals surface area contributed by atoms with Gasteiger partial charge < -0.3 is 10.6 Å². The standard InChI is InChI=1S/C14H25N3.C3H8/c1-5-14(7-6-13(4)15)17-10-8-16(9-11-17)12(2)3;1-3-2/h5-7,12H,4,8-11,15H2,1-3H3;3H2,1-2H3/b7-6-,14-5+;. The number of hydrogen-bond acceptors (Lipinski definition) is 3. The molecule has 0 aromatic carbocycles. The Bertz CT molecular complexity index is 321. The minimum Gasteiger partial charge on any atom is -0.399 e. The van der Waals surface area contributed by atoms with Crippen LogP contribution in [0.15, 0.2) is 36.2 Å². The number of piperazine rings is 1. The maximum Gasteiger partial charge on any atom is 0.0324 e. The van der Waals surface area contributed by atoms with Gasteiger partial charge in [-0.05, 0) is 32.9 Å². The van der Waals surface area contributed by atoms with Crippen molar-refractivity contribution < 1.29 is 0 Å². The van der Waals surface area contributed by atoms with Crippen LogP contribution in [0.3, 0.4) is 0 Å². The van der Waals surface area contributed by atoms with Crippen LogP contribution in [0.2, 0.25) is 0 Å². The molecule has 3 heteroatoms. The van der Waals surface area contributed by atoms with Gasteiger partial charge in [-0.2, -0.15) is 0 Å². The highest BCUT2D eigenvalue weighted by Crippen LogP contribution is 2.12. The number of hydrogen-bond donors (Lipinski definition) is 1. The van der Waals surface area contributed by atoms with Crippen LogP contribution in [-0.4, -0.2) is 42.0 Å². The Labute approximate surface area is 125 Å². The molecule has 0 spiro atoms. The third kappa shape index (κ3) is 7.39. The van der Waals surface area contributed by atoms with E-state index in [1.807, 2.05) is 12.2 Å². The quantitative estimate of drug-likeness (QED) is 0.801. The summed E-state index contributed by atoms with van der Waals surface area (Å²) in [5.74, 6) is 0. The van der Waals surface area contributed by atoms with Crippen LogP contribution in [0.1, 0.15) is 41.0 Å². The second-order valence-corrected chi connectivity index (χ2v) is 5.45. The number of allylic oxidation sites excluding steroid dienone is 3. The van der Waals surface area contributed by atoms with Gasteiger partial charge in [0.25, 0.3) is 0 Å². The van der Waals surface area contributed by atoms with E-state index in [2.05, 4.69) is 57.1 Å². The Morgan fingerprint density at radius 2 is 1.65 bits per heavy atom. The first-order chi connectivity index (χ1) is 9.46. The van der Waals surface area contributed by atoms with Crippen LogP contribution in [0.5, 0.6) is 0 Å². The van der Waals surface area contributed by atoms with E-state index in [4.69, 9.17) is 5.73 Å². The third-order valence-corrected chi connectivity index (χ3v) is 3.17. The van der Waals surface area contributed by atoms with Gasteiger partial charge in [0.1, 0.15) is 0 Å². The molecule has 1 aliphatic heterocycles. The molecular formula is C17H33N3. The molecule has 0 bridgehead atoms. The molecule has 0 amide bonds. The predicted molar refractivity (Wildman–Crippen MR) is 90.5 cm³/mol. The van der Waals surface area contributed by atoms with Crippen LogP contribution in [0.25, 0.3) is 0 Å². The molecule has 0 atom stereocenters. The molecule has 1 heterocycles. The van der Waals surface area contributed by atoms with E-state index in [1.165, 1.54) is 12.1 Å². The van der Waals surface area contributed by atoms with E-state index < -0.39 is 0 Å². The Balaban J connectivity index is 0.00000110. The van der Waals surface area contributed by atoms with Crippen molar-refractivity contribution in [3.05, 3.63) is 36.2 Å². The molecule has 3 nitrogen and oxygen atoms in total. The van der Waals surface area contributed by atoms with Crippen LogP contribution in [0, 0.1) is 0 Å². The van der Waals surface area contributed by atoms with E-state index in [0.29, 0.717) is 11.7 Å². The van der Waals surface area contributed by atoms with Crippen LogP contribution < -0.4 is 5.73 Å². The maximum absolute atomic E-state index is 5.55. The summed E-state index contributed by atoms with van der Waals surface area (Å²) in [6.07, 6.45) is 7.29. The highest BCUT2D eigenvalue weighted by Gasteiger charge is 2.18. The van der Waals surface area contributed by atoms with Crippen molar-refractivity contribution >= 4 is 0 Å². The van der Waals surface area contributed by atoms with Crippen molar-refractivity contribution in [1.82, 2.24) is 9.80 Å².